The number of carbonyl (C=O) groups is 1. The zero-order chi connectivity index (χ0) is 19.0. The third-order valence-corrected chi connectivity index (χ3v) is 4.11. The highest BCUT2D eigenvalue weighted by Gasteiger charge is 2.23. The molecule has 0 amide bonds. The molecule has 8 heteroatoms. The van der Waals surface area contributed by atoms with Crippen molar-refractivity contribution in [3.8, 4) is 34.2 Å². The van der Waals surface area contributed by atoms with Crippen LogP contribution in [0, 0.1) is 0 Å². The highest BCUT2D eigenvalue weighted by molar-refractivity contribution is 6.07. The summed E-state index contributed by atoms with van der Waals surface area (Å²) in [5.41, 5.74) is 1.28. The van der Waals surface area contributed by atoms with Crippen LogP contribution in [0.15, 0.2) is 51.6 Å². The van der Waals surface area contributed by atoms with Crippen LogP contribution in [-0.4, -0.2) is 35.4 Å². The van der Waals surface area contributed by atoms with E-state index in [4.69, 9.17) is 18.4 Å². The first kappa shape index (κ1) is 16.6. The zero-order valence-electron chi connectivity index (χ0n) is 14.4. The molecule has 0 spiro atoms. The summed E-state index contributed by atoms with van der Waals surface area (Å²) in [6, 6.07) is 9.97. The van der Waals surface area contributed by atoms with Crippen LogP contribution in [0.25, 0.3) is 33.8 Å². The minimum atomic E-state index is -1.14. The summed E-state index contributed by atoms with van der Waals surface area (Å²) in [6.07, 6.45) is 1.47. The number of carboxylic acid groups (broad SMARTS) is 1. The number of nitrogens with zero attached hydrogens (tertiary/aromatic N) is 2. The molecule has 1 aromatic carbocycles. The summed E-state index contributed by atoms with van der Waals surface area (Å²) in [7, 11) is 3.06. The number of ether oxygens (including phenoxy) is 2. The normalized spacial score (nSPS) is 10.9. The second-order valence-corrected chi connectivity index (χ2v) is 5.62. The van der Waals surface area contributed by atoms with E-state index in [1.807, 2.05) is 0 Å². The number of methoxy groups -OCH3 is 2. The Morgan fingerprint density at radius 1 is 1.15 bits per heavy atom. The lowest BCUT2D eigenvalue weighted by atomic mass is 10.0. The third-order valence-electron chi connectivity index (χ3n) is 4.11. The van der Waals surface area contributed by atoms with Gasteiger partial charge in [0.1, 0.15) is 11.5 Å². The number of hydrogen-bond donors (Lipinski definition) is 1. The summed E-state index contributed by atoms with van der Waals surface area (Å²) >= 11 is 0. The van der Waals surface area contributed by atoms with Crippen molar-refractivity contribution in [2.45, 2.75) is 0 Å². The number of furan rings is 1. The summed E-state index contributed by atoms with van der Waals surface area (Å²) in [6.45, 7) is 0. The van der Waals surface area contributed by atoms with Crippen molar-refractivity contribution in [3.63, 3.8) is 0 Å². The molecule has 0 atom stereocenters. The minimum absolute atomic E-state index is 0.00692. The van der Waals surface area contributed by atoms with Crippen molar-refractivity contribution < 1.29 is 28.3 Å². The molecule has 0 aliphatic heterocycles. The van der Waals surface area contributed by atoms with Gasteiger partial charge in [0.25, 0.3) is 5.71 Å². The molecular formula is C19H14N2O6. The Hall–Kier alpha value is -3.81. The number of fused-ring (bicyclic) bond motifs is 1. The molecule has 3 heterocycles. The molecule has 0 saturated carbocycles. The van der Waals surface area contributed by atoms with Gasteiger partial charge in [0.05, 0.1) is 37.1 Å². The van der Waals surface area contributed by atoms with Gasteiger partial charge in [-0.1, -0.05) is 5.16 Å². The van der Waals surface area contributed by atoms with Crippen molar-refractivity contribution in [3.05, 3.63) is 48.2 Å². The monoisotopic (exact) mass is 366 g/mol. The van der Waals surface area contributed by atoms with Crippen LogP contribution in [0.5, 0.6) is 11.5 Å². The quantitative estimate of drug-likeness (QED) is 0.567. The molecule has 3 aromatic heterocycles. The van der Waals surface area contributed by atoms with E-state index in [-0.39, 0.29) is 22.4 Å². The average Bonchev–Trinajstić information content (AvgIpc) is 3.35. The molecule has 0 aliphatic rings. The van der Waals surface area contributed by atoms with E-state index in [9.17, 15) is 9.90 Å². The summed E-state index contributed by atoms with van der Waals surface area (Å²) < 4.78 is 21.2. The maximum atomic E-state index is 11.9. The predicted octanol–water partition coefficient (Wildman–Crippen LogP) is 3.87. The lowest BCUT2D eigenvalue weighted by Gasteiger charge is -2.10. The van der Waals surface area contributed by atoms with E-state index in [2.05, 4.69) is 10.1 Å². The van der Waals surface area contributed by atoms with Gasteiger partial charge in [-0.05, 0) is 36.4 Å². The number of benzene rings is 1. The SMILES string of the molecule is COc1ccc(OC)c(-c2cc(C(=O)O)c3c(-c4ccco4)noc3n2)c1. The summed E-state index contributed by atoms with van der Waals surface area (Å²) in [5.74, 6) is 0.356. The van der Waals surface area contributed by atoms with Crippen molar-refractivity contribution in [1.82, 2.24) is 10.1 Å². The van der Waals surface area contributed by atoms with E-state index in [1.54, 1.807) is 30.3 Å². The fraction of sp³-hybridized carbons (Fsp3) is 0.105. The Kier molecular flexibility index (Phi) is 4.00. The number of carboxylic acids is 1. The first-order chi connectivity index (χ1) is 13.1. The third kappa shape index (κ3) is 2.77. The highest BCUT2D eigenvalue weighted by Crippen LogP contribution is 2.37. The van der Waals surface area contributed by atoms with E-state index in [0.717, 1.165) is 0 Å². The number of rotatable bonds is 5. The van der Waals surface area contributed by atoms with Crippen molar-refractivity contribution in [2.75, 3.05) is 14.2 Å². The molecule has 0 fully saturated rings. The van der Waals surface area contributed by atoms with Gasteiger partial charge in [-0.3, -0.25) is 0 Å². The molecular weight excluding hydrogens is 352 g/mol. The van der Waals surface area contributed by atoms with Crippen LogP contribution >= 0.6 is 0 Å². The Bertz CT molecular complexity index is 1130. The fourth-order valence-electron chi connectivity index (χ4n) is 2.85. The molecule has 8 nitrogen and oxygen atoms in total. The van der Waals surface area contributed by atoms with Crippen LogP contribution in [0.1, 0.15) is 10.4 Å². The molecule has 27 heavy (non-hydrogen) atoms. The first-order valence-electron chi connectivity index (χ1n) is 7.92. The number of pyridine rings is 1. The maximum Gasteiger partial charge on any atom is 0.336 e. The van der Waals surface area contributed by atoms with Crippen LogP contribution < -0.4 is 9.47 Å². The van der Waals surface area contributed by atoms with Gasteiger partial charge in [0, 0.05) is 5.56 Å². The van der Waals surface area contributed by atoms with E-state index < -0.39 is 5.97 Å². The van der Waals surface area contributed by atoms with Gasteiger partial charge in [-0.15, -0.1) is 0 Å². The molecule has 136 valence electrons. The standard InChI is InChI=1S/C19H14N2O6/c1-24-10-5-6-14(25-2)11(8-10)13-9-12(19(22)23)16-17(15-4-3-7-26-15)21-27-18(16)20-13/h3-9H,1-2H3,(H,22,23). The van der Waals surface area contributed by atoms with Gasteiger partial charge >= 0.3 is 5.97 Å². The van der Waals surface area contributed by atoms with Crippen LogP contribution in [-0.2, 0) is 0 Å². The van der Waals surface area contributed by atoms with Gasteiger partial charge in [0.15, 0.2) is 11.5 Å². The Labute approximate surface area is 152 Å². The summed E-state index contributed by atoms with van der Waals surface area (Å²) in [5, 5.41) is 13.9. The molecule has 1 N–H and O–H groups in total. The Morgan fingerprint density at radius 3 is 2.67 bits per heavy atom. The average molecular weight is 366 g/mol. The fourth-order valence-corrected chi connectivity index (χ4v) is 2.85. The smallest absolute Gasteiger partial charge is 0.336 e. The van der Waals surface area contributed by atoms with E-state index >= 15 is 0 Å². The predicted molar refractivity (Wildman–Crippen MR) is 95.0 cm³/mol. The molecule has 0 aliphatic carbocycles. The summed E-state index contributed by atoms with van der Waals surface area (Å²) in [4.78, 5) is 16.3. The number of aromatic nitrogens is 2. The zero-order valence-corrected chi connectivity index (χ0v) is 14.4. The second-order valence-electron chi connectivity index (χ2n) is 5.62. The van der Waals surface area contributed by atoms with Gasteiger partial charge in [-0.25, -0.2) is 9.78 Å². The van der Waals surface area contributed by atoms with Crippen molar-refractivity contribution in [1.29, 1.82) is 0 Å². The van der Waals surface area contributed by atoms with Gasteiger partial charge in [0.2, 0.25) is 0 Å². The van der Waals surface area contributed by atoms with Crippen molar-refractivity contribution in [2.24, 2.45) is 0 Å². The van der Waals surface area contributed by atoms with Crippen LogP contribution in [0.3, 0.4) is 0 Å². The minimum Gasteiger partial charge on any atom is -0.497 e. The van der Waals surface area contributed by atoms with E-state index in [1.165, 1.54) is 26.5 Å². The number of aromatic carboxylic acids is 1. The first-order valence-corrected chi connectivity index (χ1v) is 7.92. The Balaban J connectivity index is 1.99. The molecule has 0 saturated heterocycles. The van der Waals surface area contributed by atoms with Gasteiger partial charge in [-0.2, -0.15) is 0 Å². The lowest BCUT2D eigenvalue weighted by molar-refractivity contribution is 0.0699. The highest BCUT2D eigenvalue weighted by atomic mass is 16.5. The molecule has 0 bridgehead atoms. The van der Waals surface area contributed by atoms with Crippen molar-refractivity contribution >= 4 is 17.1 Å². The van der Waals surface area contributed by atoms with Crippen LogP contribution in [0.4, 0.5) is 0 Å². The molecule has 0 radical (unpaired) electrons. The largest absolute Gasteiger partial charge is 0.497 e. The number of hydrogen-bond acceptors (Lipinski definition) is 7. The van der Waals surface area contributed by atoms with E-state index in [0.29, 0.717) is 28.5 Å². The second kappa shape index (κ2) is 6.49. The molecule has 4 aromatic rings. The topological polar surface area (TPSA) is 108 Å². The maximum absolute atomic E-state index is 11.9. The lowest BCUT2D eigenvalue weighted by Crippen LogP contribution is -2.01. The van der Waals surface area contributed by atoms with Crippen LogP contribution in [0.2, 0.25) is 0 Å². The molecule has 4 rings (SSSR count). The van der Waals surface area contributed by atoms with Gasteiger partial charge < -0.3 is 23.5 Å². The Morgan fingerprint density at radius 2 is 2.00 bits per heavy atom. The molecule has 0 unspecified atom stereocenters.